The highest BCUT2D eigenvalue weighted by atomic mass is 16.2. The lowest BCUT2D eigenvalue weighted by molar-refractivity contribution is 0.102. The van der Waals surface area contributed by atoms with Gasteiger partial charge in [-0.25, -0.2) is 0 Å². The number of aromatic nitrogens is 4. The van der Waals surface area contributed by atoms with Crippen molar-refractivity contribution in [2.45, 2.75) is 6.92 Å². The monoisotopic (exact) mass is 191 g/mol. The predicted molar refractivity (Wildman–Crippen MR) is 49.9 cm³/mol. The quantitative estimate of drug-likeness (QED) is 0.652. The summed E-state index contributed by atoms with van der Waals surface area (Å²) in [7, 11) is 0. The van der Waals surface area contributed by atoms with Crippen molar-refractivity contribution in [3.05, 3.63) is 29.8 Å². The van der Waals surface area contributed by atoms with E-state index in [9.17, 15) is 4.79 Å². The third-order valence-corrected chi connectivity index (χ3v) is 1.67. The van der Waals surface area contributed by atoms with E-state index in [4.69, 9.17) is 0 Å². The third kappa shape index (κ3) is 1.63. The van der Waals surface area contributed by atoms with Gasteiger partial charge >= 0.3 is 0 Å². The molecule has 6 heteroatoms. The Morgan fingerprint density at radius 2 is 2.43 bits per heavy atom. The number of carbonyl (C=O) groups excluding carboxylic acids is 1. The van der Waals surface area contributed by atoms with Crippen LogP contribution in [0.2, 0.25) is 0 Å². The predicted octanol–water partition coefficient (Wildman–Crippen LogP) is 0.694. The van der Waals surface area contributed by atoms with Crippen LogP contribution in [0.4, 0.5) is 5.95 Å². The van der Waals surface area contributed by atoms with E-state index in [1.165, 1.54) is 0 Å². The summed E-state index contributed by atoms with van der Waals surface area (Å²) < 4.78 is 0. The average Bonchev–Trinajstić information content (AvgIpc) is 2.75. The molecule has 3 N–H and O–H groups in total. The molecular weight excluding hydrogens is 182 g/mol. The summed E-state index contributed by atoms with van der Waals surface area (Å²) >= 11 is 0. The Morgan fingerprint density at radius 1 is 1.57 bits per heavy atom. The zero-order valence-corrected chi connectivity index (χ0v) is 7.53. The van der Waals surface area contributed by atoms with Gasteiger partial charge in [-0.1, -0.05) is 0 Å². The SMILES string of the molecule is Cc1nc(NC(=O)c2ccc[nH]2)n[nH]1. The Kier molecular flexibility index (Phi) is 2.02. The average molecular weight is 191 g/mol. The van der Waals surface area contributed by atoms with Gasteiger partial charge in [-0.2, -0.15) is 4.98 Å². The fourth-order valence-corrected chi connectivity index (χ4v) is 1.04. The van der Waals surface area contributed by atoms with E-state index in [0.29, 0.717) is 11.5 Å². The number of rotatable bonds is 2. The molecule has 72 valence electrons. The number of hydrogen-bond donors (Lipinski definition) is 3. The molecule has 0 saturated heterocycles. The number of nitrogens with one attached hydrogen (secondary N) is 3. The Morgan fingerprint density at radius 3 is 3.00 bits per heavy atom. The van der Waals surface area contributed by atoms with E-state index in [1.54, 1.807) is 25.3 Å². The van der Waals surface area contributed by atoms with Crippen LogP contribution >= 0.6 is 0 Å². The number of hydrogen-bond acceptors (Lipinski definition) is 3. The van der Waals surface area contributed by atoms with Crippen LogP contribution in [0.1, 0.15) is 16.3 Å². The van der Waals surface area contributed by atoms with Gasteiger partial charge in [0, 0.05) is 6.20 Å². The molecule has 2 rings (SSSR count). The Bertz CT molecular complexity index is 430. The molecule has 2 heterocycles. The molecule has 0 aromatic carbocycles. The van der Waals surface area contributed by atoms with Crippen molar-refractivity contribution in [2.75, 3.05) is 5.32 Å². The molecule has 0 atom stereocenters. The van der Waals surface area contributed by atoms with Crippen molar-refractivity contribution in [3.63, 3.8) is 0 Å². The van der Waals surface area contributed by atoms with E-state index in [-0.39, 0.29) is 11.9 Å². The van der Waals surface area contributed by atoms with Crippen LogP contribution in [0.25, 0.3) is 0 Å². The minimum Gasteiger partial charge on any atom is -0.357 e. The van der Waals surface area contributed by atoms with Crippen LogP contribution < -0.4 is 5.32 Å². The second kappa shape index (κ2) is 3.33. The zero-order chi connectivity index (χ0) is 9.97. The lowest BCUT2D eigenvalue weighted by Gasteiger charge is -1.96. The second-order valence-electron chi connectivity index (χ2n) is 2.78. The Balaban J connectivity index is 2.09. The van der Waals surface area contributed by atoms with Gasteiger partial charge in [0.25, 0.3) is 5.91 Å². The van der Waals surface area contributed by atoms with E-state index in [1.807, 2.05) is 0 Å². The number of aryl methyl sites for hydroxylation is 1. The van der Waals surface area contributed by atoms with Gasteiger partial charge in [0.15, 0.2) is 0 Å². The minimum atomic E-state index is -0.256. The van der Waals surface area contributed by atoms with Crippen molar-refractivity contribution < 1.29 is 4.79 Å². The highest BCUT2D eigenvalue weighted by Gasteiger charge is 2.08. The number of nitrogens with zero attached hydrogens (tertiary/aromatic N) is 2. The van der Waals surface area contributed by atoms with E-state index < -0.39 is 0 Å². The maximum absolute atomic E-state index is 11.4. The number of carbonyl (C=O) groups is 1. The summed E-state index contributed by atoms with van der Waals surface area (Å²) in [5.74, 6) is 0.683. The molecule has 14 heavy (non-hydrogen) atoms. The second-order valence-corrected chi connectivity index (χ2v) is 2.78. The molecule has 0 aliphatic carbocycles. The molecule has 0 spiro atoms. The molecule has 0 bridgehead atoms. The van der Waals surface area contributed by atoms with Gasteiger partial charge in [0.1, 0.15) is 11.5 Å². The van der Waals surface area contributed by atoms with Crippen molar-refractivity contribution in [3.8, 4) is 0 Å². The first-order valence-electron chi connectivity index (χ1n) is 4.09. The minimum absolute atomic E-state index is 0.256. The highest BCUT2D eigenvalue weighted by Crippen LogP contribution is 2.01. The molecule has 2 aromatic heterocycles. The van der Waals surface area contributed by atoms with E-state index in [2.05, 4.69) is 25.5 Å². The maximum Gasteiger partial charge on any atom is 0.274 e. The Hall–Kier alpha value is -2.11. The van der Waals surface area contributed by atoms with Crippen molar-refractivity contribution in [2.24, 2.45) is 0 Å². The first kappa shape index (κ1) is 8.49. The van der Waals surface area contributed by atoms with Gasteiger partial charge in [-0.15, -0.1) is 5.10 Å². The molecule has 0 aliphatic heterocycles. The molecule has 2 aromatic rings. The highest BCUT2D eigenvalue weighted by molar-refractivity contribution is 6.01. The van der Waals surface area contributed by atoms with Crippen LogP contribution in [0.15, 0.2) is 18.3 Å². The lowest BCUT2D eigenvalue weighted by Crippen LogP contribution is -2.13. The largest absolute Gasteiger partial charge is 0.357 e. The summed E-state index contributed by atoms with van der Waals surface area (Å²) in [5.41, 5.74) is 0.479. The van der Waals surface area contributed by atoms with E-state index in [0.717, 1.165) is 0 Å². The summed E-state index contributed by atoms with van der Waals surface area (Å²) in [5, 5.41) is 8.96. The third-order valence-electron chi connectivity index (χ3n) is 1.67. The van der Waals surface area contributed by atoms with Gasteiger partial charge in [-0.05, 0) is 19.1 Å². The summed E-state index contributed by atoms with van der Waals surface area (Å²) in [4.78, 5) is 18.2. The van der Waals surface area contributed by atoms with Gasteiger partial charge in [0.2, 0.25) is 5.95 Å². The van der Waals surface area contributed by atoms with Gasteiger partial charge < -0.3 is 4.98 Å². The number of anilines is 1. The summed E-state index contributed by atoms with van der Waals surface area (Å²) in [6.45, 7) is 1.76. The zero-order valence-electron chi connectivity index (χ0n) is 7.53. The molecule has 6 nitrogen and oxygen atoms in total. The van der Waals surface area contributed by atoms with Crippen molar-refractivity contribution in [1.29, 1.82) is 0 Å². The topological polar surface area (TPSA) is 86.5 Å². The van der Waals surface area contributed by atoms with E-state index >= 15 is 0 Å². The normalized spacial score (nSPS) is 10.1. The summed E-state index contributed by atoms with van der Waals surface area (Å²) in [6, 6.07) is 3.42. The molecule has 1 amide bonds. The van der Waals surface area contributed by atoms with Crippen LogP contribution in [-0.4, -0.2) is 26.1 Å². The van der Waals surface area contributed by atoms with Crippen LogP contribution in [0.5, 0.6) is 0 Å². The molecule has 0 saturated carbocycles. The molecule has 0 aliphatic rings. The number of aromatic amines is 2. The fraction of sp³-hybridized carbons (Fsp3) is 0.125. The standard InChI is InChI=1S/C8H9N5O/c1-5-10-8(13-12-5)11-7(14)6-3-2-4-9-6/h2-4,9H,1H3,(H2,10,11,12,13,14). The molecule has 0 radical (unpaired) electrons. The maximum atomic E-state index is 11.4. The smallest absolute Gasteiger partial charge is 0.274 e. The first-order valence-corrected chi connectivity index (χ1v) is 4.09. The van der Waals surface area contributed by atoms with Crippen molar-refractivity contribution in [1.82, 2.24) is 20.2 Å². The number of amides is 1. The fourth-order valence-electron chi connectivity index (χ4n) is 1.04. The molecule has 0 fully saturated rings. The summed E-state index contributed by atoms with van der Waals surface area (Å²) in [6.07, 6.45) is 1.68. The molecule has 0 unspecified atom stereocenters. The van der Waals surface area contributed by atoms with Gasteiger partial charge in [-0.3, -0.25) is 15.2 Å². The van der Waals surface area contributed by atoms with Crippen LogP contribution in [0.3, 0.4) is 0 Å². The first-order chi connectivity index (χ1) is 6.75. The number of H-pyrrole nitrogens is 2. The molecular formula is C8H9N5O. The van der Waals surface area contributed by atoms with Crippen molar-refractivity contribution >= 4 is 11.9 Å². The van der Waals surface area contributed by atoms with Crippen LogP contribution in [0, 0.1) is 6.92 Å². The van der Waals surface area contributed by atoms with Crippen LogP contribution in [-0.2, 0) is 0 Å². The van der Waals surface area contributed by atoms with Gasteiger partial charge in [0.05, 0.1) is 0 Å². The lowest BCUT2D eigenvalue weighted by atomic mass is 10.4. The Labute approximate surface area is 79.8 Å².